The minimum absolute atomic E-state index is 0.126. The lowest BCUT2D eigenvalue weighted by Gasteiger charge is -2.03. The van der Waals surface area contributed by atoms with Crippen LogP contribution in [0.15, 0.2) is 29.4 Å². The first-order valence-electron chi connectivity index (χ1n) is 4.56. The molecule has 0 unspecified atom stereocenters. The highest BCUT2D eigenvalue weighted by atomic mass is 32.1. The maximum absolute atomic E-state index is 5.36. The van der Waals surface area contributed by atoms with E-state index in [4.69, 9.17) is 15.2 Å². The van der Waals surface area contributed by atoms with Crippen molar-refractivity contribution in [2.45, 2.75) is 0 Å². The van der Waals surface area contributed by atoms with E-state index in [1.54, 1.807) is 7.11 Å². The molecular weight excluding hydrogens is 226 g/mol. The van der Waals surface area contributed by atoms with Crippen LogP contribution in [0.25, 0.3) is 0 Å². The Balaban J connectivity index is 2.31. The fraction of sp³-hybridized carbons (Fsp3) is 0.200. The Bertz CT molecular complexity index is 365. The number of hydrogen-bond acceptors (Lipinski definition) is 4. The van der Waals surface area contributed by atoms with Crippen molar-refractivity contribution in [3.8, 4) is 11.5 Å². The first-order chi connectivity index (χ1) is 7.72. The fourth-order valence-corrected chi connectivity index (χ4v) is 1.00. The number of nitrogens with zero attached hydrogens (tertiary/aromatic N) is 1. The standard InChI is InChI=1S/C10H13N3O2S/c1-14-8-2-4-9(5-3-8)15-7-6-12-13-10(11)16/h2-6H,7H2,1H3,(H3,11,13,16)/b12-6+. The van der Waals surface area contributed by atoms with Crippen molar-refractivity contribution in [3.05, 3.63) is 24.3 Å². The average Bonchev–Trinajstić information content (AvgIpc) is 2.29. The summed E-state index contributed by atoms with van der Waals surface area (Å²) in [6.07, 6.45) is 1.53. The third-order valence-corrected chi connectivity index (χ3v) is 1.74. The van der Waals surface area contributed by atoms with Crippen LogP contribution in [0, 0.1) is 0 Å². The van der Waals surface area contributed by atoms with Gasteiger partial charge in [-0.15, -0.1) is 0 Å². The zero-order valence-electron chi connectivity index (χ0n) is 8.84. The van der Waals surface area contributed by atoms with Gasteiger partial charge in [0, 0.05) is 0 Å². The van der Waals surface area contributed by atoms with Gasteiger partial charge in [0.2, 0.25) is 0 Å². The number of methoxy groups -OCH3 is 1. The number of nitrogens with one attached hydrogen (secondary N) is 1. The van der Waals surface area contributed by atoms with Crippen LogP contribution in [0.3, 0.4) is 0 Å². The van der Waals surface area contributed by atoms with Crippen molar-refractivity contribution in [2.75, 3.05) is 13.7 Å². The molecule has 0 fully saturated rings. The van der Waals surface area contributed by atoms with Crippen molar-refractivity contribution < 1.29 is 9.47 Å². The molecule has 16 heavy (non-hydrogen) atoms. The zero-order valence-corrected chi connectivity index (χ0v) is 9.66. The summed E-state index contributed by atoms with van der Waals surface area (Å²) in [6.45, 7) is 0.335. The summed E-state index contributed by atoms with van der Waals surface area (Å²) >= 11 is 4.56. The first kappa shape index (κ1) is 12.3. The molecule has 6 heteroatoms. The molecule has 0 heterocycles. The Hall–Kier alpha value is -1.82. The van der Waals surface area contributed by atoms with Crippen LogP contribution in [-0.2, 0) is 0 Å². The quantitative estimate of drug-likeness (QED) is 0.454. The fourth-order valence-electron chi connectivity index (χ4n) is 0.952. The van der Waals surface area contributed by atoms with Crippen LogP contribution in [0.1, 0.15) is 0 Å². The van der Waals surface area contributed by atoms with E-state index in [2.05, 4.69) is 22.7 Å². The number of rotatable bonds is 5. The average molecular weight is 239 g/mol. The van der Waals surface area contributed by atoms with E-state index in [1.165, 1.54) is 6.21 Å². The van der Waals surface area contributed by atoms with Gasteiger partial charge in [-0.1, -0.05) is 0 Å². The third-order valence-electron chi connectivity index (χ3n) is 1.65. The van der Waals surface area contributed by atoms with Gasteiger partial charge in [0.1, 0.15) is 18.1 Å². The van der Waals surface area contributed by atoms with Crippen LogP contribution in [0.5, 0.6) is 11.5 Å². The smallest absolute Gasteiger partial charge is 0.184 e. The lowest BCUT2D eigenvalue weighted by Crippen LogP contribution is -2.24. The Morgan fingerprint density at radius 1 is 1.44 bits per heavy atom. The normalized spacial score (nSPS) is 10.1. The van der Waals surface area contributed by atoms with E-state index < -0.39 is 0 Å². The summed E-state index contributed by atoms with van der Waals surface area (Å²) in [6, 6.07) is 7.26. The number of thiocarbonyl (C=S) groups is 1. The van der Waals surface area contributed by atoms with Crippen LogP contribution >= 0.6 is 12.2 Å². The Labute approximate surface area is 99.2 Å². The molecule has 86 valence electrons. The van der Waals surface area contributed by atoms with Crippen LogP contribution in [0.2, 0.25) is 0 Å². The zero-order chi connectivity index (χ0) is 11.8. The van der Waals surface area contributed by atoms with E-state index in [-0.39, 0.29) is 5.11 Å². The van der Waals surface area contributed by atoms with Gasteiger partial charge < -0.3 is 15.2 Å². The largest absolute Gasteiger partial charge is 0.497 e. The number of ether oxygens (including phenoxy) is 2. The predicted molar refractivity (Wildman–Crippen MR) is 66.9 cm³/mol. The lowest BCUT2D eigenvalue weighted by molar-refractivity contribution is 0.377. The van der Waals surface area contributed by atoms with Gasteiger partial charge >= 0.3 is 0 Å². The number of hydrogen-bond donors (Lipinski definition) is 2. The van der Waals surface area contributed by atoms with Gasteiger partial charge in [-0.25, -0.2) is 0 Å². The van der Waals surface area contributed by atoms with E-state index in [0.29, 0.717) is 6.61 Å². The van der Waals surface area contributed by atoms with E-state index in [9.17, 15) is 0 Å². The van der Waals surface area contributed by atoms with Crippen molar-refractivity contribution in [2.24, 2.45) is 10.8 Å². The summed E-state index contributed by atoms with van der Waals surface area (Å²) in [5, 5.41) is 3.85. The second-order valence-corrected chi connectivity index (χ2v) is 3.21. The molecule has 0 aliphatic carbocycles. The molecule has 0 spiro atoms. The van der Waals surface area contributed by atoms with Gasteiger partial charge in [-0.05, 0) is 36.5 Å². The molecule has 0 aliphatic rings. The van der Waals surface area contributed by atoms with Crippen molar-refractivity contribution in [1.82, 2.24) is 5.43 Å². The van der Waals surface area contributed by atoms with E-state index in [1.807, 2.05) is 24.3 Å². The van der Waals surface area contributed by atoms with Gasteiger partial charge in [-0.2, -0.15) is 5.10 Å². The monoisotopic (exact) mass is 239 g/mol. The highest BCUT2D eigenvalue weighted by molar-refractivity contribution is 7.80. The SMILES string of the molecule is COc1ccc(OC/C=N/NC(N)=S)cc1. The molecular formula is C10H13N3O2S. The summed E-state index contributed by atoms with van der Waals surface area (Å²) in [7, 11) is 1.61. The number of hydrazone groups is 1. The van der Waals surface area contributed by atoms with Gasteiger partial charge in [0.25, 0.3) is 0 Å². The Morgan fingerprint density at radius 2 is 2.06 bits per heavy atom. The molecule has 0 aromatic heterocycles. The molecule has 3 N–H and O–H groups in total. The van der Waals surface area contributed by atoms with Gasteiger partial charge in [-0.3, -0.25) is 5.43 Å². The molecule has 0 aliphatic heterocycles. The maximum atomic E-state index is 5.36. The lowest BCUT2D eigenvalue weighted by atomic mass is 10.3. The molecule has 5 nitrogen and oxygen atoms in total. The molecule has 0 radical (unpaired) electrons. The van der Waals surface area contributed by atoms with Crippen molar-refractivity contribution >= 4 is 23.5 Å². The minimum atomic E-state index is 0.126. The second-order valence-electron chi connectivity index (χ2n) is 2.77. The summed E-state index contributed by atoms with van der Waals surface area (Å²) in [5.74, 6) is 1.53. The summed E-state index contributed by atoms with van der Waals surface area (Å²) in [5.41, 5.74) is 7.60. The highest BCUT2D eigenvalue weighted by Crippen LogP contribution is 2.16. The molecule has 1 rings (SSSR count). The minimum Gasteiger partial charge on any atom is -0.497 e. The molecule has 0 amide bonds. The molecule has 0 atom stereocenters. The summed E-state index contributed by atoms with van der Waals surface area (Å²) in [4.78, 5) is 0. The third kappa shape index (κ3) is 4.61. The van der Waals surface area contributed by atoms with Crippen molar-refractivity contribution in [1.29, 1.82) is 0 Å². The van der Waals surface area contributed by atoms with Gasteiger partial charge in [0.05, 0.1) is 13.3 Å². The molecule has 1 aromatic carbocycles. The van der Waals surface area contributed by atoms with Crippen LogP contribution in [-0.4, -0.2) is 25.0 Å². The van der Waals surface area contributed by atoms with Crippen molar-refractivity contribution in [3.63, 3.8) is 0 Å². The molecule has 0 saturated heterocycles. The Morgan fingerprint density at radius 3 is 2.62 bits per heavy atom. The molecule has 0 saturated carbocycles. The second kappa shape index (κ2) is 6.62. The van der Waals surface area contributed by atoms with Gasteiger partial charge in [0.15, 0.2) is 5.11 Å². The maximum Gasteiger partial charge on any atom is 0.184 e. The van der Waals surface area contributed by atoms with Crippen LogP contribution < -0.4 is 20.6 Å². The Kier molecular flexibility index (Phi) is 5.07. The predicted octanol–water partition coefficient (Wildman–Crippen LogP) is 0.893. The molecule has 1 aromatic rings. The van der Waals surface area contributed by atoms with Crippen LogP contribution in [0.4, 0.5) is 0 Å². The molecule has 0 bridgehead atoms. The number of nitrogens with two attached hydrogens (primary N) is 1. The van der Waals surface area contributed by atoms with E-state index >= 15 is 0 Å². The first-order valence-corrected chi connectivity index (χ1v) is 4.97. The number of benzene rings is 1. The summed E-state index contributed by atoms with van der Waals surface area (Å²) < 4.78 is 10.4. The van der Waals surface area contributed by atoms with E-state index in [0.717, 1.165) is 11.5 Å². The highest BCUT2D eigenvalue weighted by Gasteiger charge is 1.93. The topological polar surface area (TPSA) is 68.9 Å².